The third-order valence-corrected chi connectivity index (χ3v) is 5.26. The first-order chi connectivity index (χ1) is 16.5. The maximum atomic E-state index is 12.8. The van der Waals surface area contributed by atoms with Gasteiger partial charge in [-0.2, -0.15) is 0 Å². The van der Waals surface area contributed by atoms with Crippen molar-refractivity contribution in [1.29, 1.82) is 0 Å². The van der Waals surface area contributed by atoms with Crippen molar-refractivity contribution in [2.75, 3.05) is 26.6 Å². The number of carbonyl (C=O) groups excluding carboxylic acids is 1. The average molecular weight is 463 g/mol. The Morgan fingerprint density at radius 2 is 1.85 bits per heavy atom. The van der Waals surface area contributed by atoms with Crippen molar-refractivity contribution in [3.8, 4) is 17.2 Å². The smallest absolute Gasteiger partial charge is 0.267 e. The van der Waals surface area contributed by atoms with Gasteiger partial charge in [-0.3, -0.25) is 4.79 Å². The van der Waals surface area contributed by atoms with Crippen LogP contribution in [0.2, 0.25) is 0 Å². The van der Waals surface area contributed by atoms with E-state index < -0.39 is 6.04 Å². The molecule has 2 aromatic rings. The number of allylic oxidation sites excluding steroid dienone is 5. The summed E-state index contributed by atoms with van der Waals surface area (Å²) in [6, 6.07) is 3.07. The minimum absolute atomic E-state index is 0.0203. The number of ether oxygens (including phenoxy) is 3. The van der Waals surface area contributed by atoms with E-state index in [9.17, 15) is 4.79 Å². The van der Waals surface area contributed by atoms with Crippen LogP contribution in [0.1, 0.15) is 18.7 Å². The topological polar surface area (TPSA) is 120 Å². The molecule has 1 aliphatic heterocycles. The minimum Gasteiger partial charge on any atom is -0.493 e. The molecule has 2 atom stereocenters. The van der Waals surface area contributed by atoms with Crippen LogP contribution in [0.3, 0.4) is 0 Å². The fourth-order valence-corrected chi connectivity index (χ4v) is 3.54. The Bertz CT molecular complexity index is 1160. The maximum Gasteiger partial charge on any atom is 0.267 e. The standard InChI is InChI=1S/C24H26N6O4/c1-14(26-23(31)18-10-15-7-5-6-8-16(9-15)27-18)19-13-25-24(30-29-19)28-17-11-20(32-2)22(34-4)21(12-17)33-3/h5-14,16,27H,1-4H3,(H,26,31)(H,25,28,30). The Labute approximate surface area is 197 Å². The maximum absolute atomic E-state index is 12.8. The SMILES string of the molecule is COc1cc(Nc2ncc(C(C)NC(=O)C3=CC4=CC(C=CC=C4)N3)nn2)cc(OC)c1OC. The second kappa shape index (κ2) is 10.1. The Morgan fingerprint density at radius 1 is 1.09 bits per heavy atom. The molecule has 1 amide bonds. The molecule has 1 aromatic carbocycles. The van der Waals surface area contributed by atoms with E-state index >= 15 is 0 Å². The summed E-state index contributed by atoms with van der Waals surface area (Å²) in [5.74, 6) is 1.53. The predicted molar refractivity (Wildman–Crippen MR) is 127 cm³/mol. The van der Waals surface area contributed by atoms with Crippen LogP contribution >= 0.6 is 0 Å². The Morgan fingerprint density at radius 3 is 2.50 bits per heavy atom. The lowest BCUT2D eigenvalue weighted by atomic mass is 10.1. The molecule has 2 bridgehead atoms. The summed E-state index contributed by atoms with van der Waals surface area (Å²) in [6.07, 6.45) is 13.3. The van der Waals surface area contributed by atoms with Gasteiger partial charge in [0.05, 0.1) is 39.6 Å². The Hall–Kier alpha value is -4.34. The molecule has 0 spiro atoms. The van der Waals surface area contributed by atoms with E-state index in [4.69, 9.17) is 14.2 Å². The molecule has 0 saturated carbocycles. The number of rotatable bonds is 8. The zero-order valence-corrected chi connectivity index (χ0v) is 19.3. The highest BCUT2D eigenvalue weighted by molar-refractivity contribution is 5.94. The molecule has 4 rings (SSSR count). The highest BCUT2D eigenvalue weighted by atomic mass is 16.5. The number of hydrogen-bond donors (Lipinski definition) is 3. The third-order valence-electron chi connectivity index (χ3n) is 5.26. The lowest BCUT2D eigenvalue weighted by Gasteiger charge is -2.21. The molecular formula is C24H26N6O4. The predicted octanol–water partition coefficient (Wildman–Crippen LogP) is 2.73. The first-order valence-electron chi connectivity index (χ1n) is 10.6. The summed E-state index contributed by atoms with van der Waals surface area (Å²) >= 11 is 0. The number of nitrogens with one attached hydrogen (secondary N) is 3. The van der Waals surface area contributed by atoms with Gasteiger partial charge in [-0.25, -0.2) is 4.98 Å². The van der Waals surface area contributed by atoms with Crippen molar-refractivity contribution in [1.82, 2.24) is 25.8 Å². The van der Waals surface area contributed by atoms with Crippen LogP contribution in [0.25, 0.3) is 0 Å². The van der Waals surface area contributed by atoms with Crippen LogP contribution in [-0.2, 0) is 4.79 Å². The second-order valence-electron chi connectivity index (χ2n) is 7.58. The molecule has 176 valence electrons. The number of fused-ring (bicyclic) bond motifs is 1. The van der Waals surface area contributed by atoms with Crippen molar-refractivity contribution in [3.63, 3.8) is 0 Å². The summed E-state index contributed by atoms with van der Waals surface area (Å²) in [5, 5.41) is 17.5. The van der Waals surface area contributed by atoms with E-state index in [1.807, 2.05) is 37.3 Å². The number of nitrogens with zero attached hydrogens (tertiary/aromatic N) is 3. The van der Waals surface area contributed by atoms with E-state index in [2.05, 4.69) is 37.2 Å². The van der Waals surface area contributed by atoms with Gasteiger partial charge in [0, 0.05) is 17.8 Å². The lowest BCUT2D eigenvalue weighted by Crippen LogP contribution is -2.38. The fraction of sp³-hybridized carbons (Fsp3) is 0.250. The van der Waals surface area contributed by atoms with Gasteiger partial charge in [0.15, 0.2) is 11.5 Å². The largest absolute Gasteiger partial charge is 0.493 e. The molecule has 2 aliphatic rings. The van der Waals surface area contributed by atoms with Gasteiger partial charge in [0.1, 0.15) is 11.4 Å². The number of anilines is 2. The molecule has 1 aromatic heterocycles. The number of methoxy groups -OCH3 is 3. The van der Waals surface area contributed by atoms with Crippen molar-refractivity contribution in [3.05, 3.63) is 71.7 Å². The van der Waals surface area contributed by atoms with Crippen molar-refractivity contribution < 1.29 is 19.0 Å². The number of hydrogen-bond acceptors (Lipinski definition) is 9. The average Bonchev–Trinajstić information content (AvgIpc) is 3.02. The Balaban J connectivity index is 1.42. The normalized spacial score (nSPS) is 16.9. The second-order valence-corrected chi connectivity index (χ2v) is 7.58. The third kappa shape index (κ3) is 5.01. The molecule has 10 heteroatoms. The molecule has 2 unspecified atom stereocenters. The number of dihydropyridines is 1. The molecule has 0 fully saturated rings. The van der Waals surface area contributed by atoms with Crippen molar-refractivity contribution >= 4 is 17.5 Å². The molecule has 1 aliphatic carbocycles. The Kier molecular flexibility index (Phi) is 6.77. The van der Waals surface area contributed by atoms with Crippen molar-refractivity contribution in [2.24, 2.45) is 0 Å². The molecular weight excluding hydrogens is 436 g/mol. The van der Waals surface area contributed by atoms with Crippen LogP contribution in [0.15, 0.2) is 66.1 Å². The number of benzene rings is 1. The van der Waals surface area contributed by atoms with E-state index in [0.29, 0.717) is 34.3 Å². The number of carbonyl (C=O) groups is 1. The summed E-state index contributed by atoms with van der Waals surface area (Å²) in [6.45, 7) is 1.82. The molecule has 10 nitrogen and oxygen atoms in total. The minimum atomic E-state index is -0.394. The molecule has 0 saturated heterocycles. The summed E-state index contributed by atoms with van der Waals surface area (Å²) in [5.41, 5.74) is 2.64. The highest BCUT2D eigenvalue weighted by Gasteiger charge is 2.20. The quantitative estimate of drug-likeness (QED) is 0.544. The van der Waals surface area contributed by atoms with E-state index in [1.165, 1.54) is 0 Å². The van der Waals surface area contributed by atoms with Crippen LogP contribution in [0, 0.1) is 0 Å². The summed E-state index contributed by atoms with van der Waals surface area (Å²) < 4.78 is 16.1. The van der Waals surface area contributed by atoms with Gasteiger partial charge >= 0.3 is 0 Å². The highest BCUT2D eigenvalue weighted by Crippen LogP contribution is 2.40. The fourth-order valence-electron chi connectivity index (χ4n) is 3.54. The first-order valence-corrected chi connectivity index (χ1v) is 10.6. The zero-order valence-electron chi connectivity index (χ0n) is 19.3. The molecule has 2 heterocycles. The van der Waals surface area contributed by atoms with Gasteiger partial charge in [-0.05, 0) is 18.6 Å². The monoisotopic (exact) mass is 462 g/mol. The van der Waals surface area contributed by atoms with Crippen LogP contribution in [0.4, 0.5) is 11.6 Å². The van der Waals surface area contributed by atoms with Gasteiger partial charge in [0.25, 0.3) is 5.91 Å². The van der Waals surface area contributed by atoms with E-state index in [-0.39, 0.29) is 17.9 Å². The van der Waals surface area contributed by atoms with E-state index in [1.54, 1.807) is 39.7 Å². The lowest BCUT2D eigenvalue weighted by molar-refractivity contribution is -0.118. The summed E-state index contributed by atoms with van der Waals surface area (Å²) in [4.78, 5) is 17.1. The summed E-state index contributed by atoms with van der Waals surface area (Å²) in [7, 11) is 4.62. The van der Waals surface area contributed by atoms with Crippen LogP contribution in [-0.4, -0.2) is 48.5 Å². The number of amides is 1. The van der Waals surface area contributed by atoms with E-state index in [0.717, 1.165) is 5.57 Å². The van der Waals surface area contributed by atoms with Crippen LogP contribution < -0.4 is 30.2 Å². The van der Waals surface area contributed by atoms with Crippen LogP contribution in [0.5, 0.6) is 17.2 Å². The van der Waals surface area contributed by atoms with Gasteiger partial charge in [-0.15, -0.1) is 10.2 Å². The zero-order chi connectivity index (χ0) is 24.1. The first kappa shape index (κ1) is 22.8. The molecule has 34 heavy (non-hydrogen) atoms. The molecule has 0 radical (unpaired) electrons. The van der Waals surface area contributed by atoms with Crippen molar-refractivity contribution in [2.45, 2.75) is 19.0 Å². The van der Waals surface area contributed by atoms with Gasteiger partial charge in [-0.1, -0.05) is 30.4 Å². The van der Waals surface area contributed by atoms with Gasteiger partial charge < -0.3 is 30.2 Å². The number of aromatic nitrogens is 3. The molecule has 3 N–H and O–H groups in total. The van der Waals surface area contributed by atoms with Gasteiger partial charge in [0.2, 0.25) is 11.7 Å².